The molecule has 8 heteroatoms. The molecule has 0 bridgehead atoms. The van der Waals surface area contributed by atoms with E-state index < -0.39 is 36.5 Å². The van der Waals surface area contributed by atoms with Gasteiger partial charge in [0.05, 0.1) is 6.61 Å². The third-order valence-electron chi connectivity index (χ3n) is 4.16. The number of ether oxygens (including phenoxy) is 1. The second-order valence-electron chi connectivity index (χ2n) is 5.78. The number of benzene rings is 2. The number of aliphatic hydroxyl groups excluding tert-OH is 4. The Bertz CT molecular complexity index is 768. The van der Waals surface area contributed by atoms with Gasteiger partial charge in [0.25, 0.3) is 0 Å². The molecule has 1 aliphatic rings. The van der Waals surface area contributed by atoms with E-state index in [1.807, 2.05) is 36.4 Å². The summed E-state index contributed by atoms with van der Waals surface area (Å²) in [6.07, 6.45) is -5.31. The molecule has 1 saturated heterocycles. The maximum Gasteiger partial charge on any atom is 0.145 e. The molecule has 5 atom stereocenters. The molecule has 0 amide bonds. The maximum absolute atomic E-state index is 10.1. The normalized spacial score (nSPS) is 30.6. The van der Waals surface area contributed by atoms with Crippen molar-refractivity contribution >= 4 is 27.6 Å². The molecule has 2 aromatic rings. The quantitative estimate of drug-likeness (QED) is 0.232. The SMILES string of the molecule is OC[C@H]1O[C@@H](S/C(=N\O)c2ccc3ccccc3c2)[C@H](O)[C@@H](O)[C@H]1O. The predicted molar refractivity (Wildman–Crippen MR) is 93.6 cm³/mol. The first kappa shape index (κ1) is 18.1. The van der Waals surface area contributed by atoms with Crippen molar-refractivity contribution in [1.82, 2.24) is 0 Å². The molecule has 1 fully saturated rings. The molecule has 0 saturated carbocycles. The summed E-state index contributed by atoms with van der Waals surface area (Å²) >= 11 is 0.906. The molecule has 5 N–H and O–H groups in total. The summed E-state index contributed by atoms with van der Waals surface area (Å²) < 4.78 is 5.43. The minimum absolute atomic E-state index is 0.190. The topological polar surface area (TPSA) is 123 Å². The lowest BCUT2D eigenvalue weighted by Gasteiger charge is -2.39. The van der Waals surface area contributed by atoms with Crippen LogP contribution in [0.2, 0.25) is 0 Å². The van der Waals surface area contributed by atoms with Crippen LogP contribution in [0.4, 0.5) is 0 Å². The lowest BCUT2D eigenvalue weighted by atomic mass is 10.0. The van der Waals surface area contributed by atoms with Crippen LogP contribution in [-0.4, -0.2) is 67.1 Å². The molecule has 7 nitrogen and oxygen atoms in total. The zero-order chi connectivity index (χ0) is 18.0. The third kappa shape index (κ3) is 3.64. The zero-order valence-electron chi connectivity index (χ0n) is 13.1. The second kappa shape index (κ2) is 7.69. The van der Waals surface area contributed by atoms with Gasteiger partial charge in [-0.1, -0.05) is 53.3 Å². The van der Waals surface area contributed by atoms with Crippen LogP contribution in [0.3, 0.4) is 0 Å². The van der Waals surface area contributed by atoms with Crippen LogP contribution in [0.25, 0.3) is 10.8 Å². The molecule has 0 aromatic heterocycles. The number of hydrogen-bond acceptors (Lipinski definition) is 8. The molecule has 0 spiro atoms. The van der Waals surface area contributed by atoms with Crippen molar-refractivity contribution in [2.45, 2.75) is 29.9 Å². The van der Waals surface area contributed by atoms with Crippen LogP contribution in [-0.2, 0) is 4.74 Å². The van der Waals surface area contributed by atoms with Crippen LogP contribution in [0, 0.1) is 0 Å². The fourth-order valence-corrected chi connectivity index (χ4v) is 3.78. The Hall–Kier alpha value is -1.68. The summed E-state index contributed by atoms with van der Waals surface area (Å²) in [5.74, 6) is 0. The van der Waals surface area contributed by atoms with Crippen molar-refractivity contribution in [2.75, 3.05) is 6.61 Å². The molecular weight excluding hydrogens is 346 g/mol. The van der Waals surface area contributed by atoms with Crippen LogP contribution < -0.4 is 0 Å². The molecule has 3 rings (SSSR count). The van der Waals surface area contributed by atoms with E-state index in [1.54, 1.807) is 6.07 Å². The third-order valence-corrected chi connectivity index (χ3v) is 5.33. The number of rotatable bonds is 3. The lowest BCUT2D eigenvalue weighted by molar-refractivity contribution is -0.205. The molecule has 0 radical (unpaired) electrons. The van der Waals surface area contributed by atoms with Crippen molar-refractivity contribution in [3.05, 3.63) is 48.0 Å². The van der Waals surface area contributed by atoms with E-state index in [4.69, 9.17) is 4.74 Å². The van der Waals surface area contributed by atoms with Gasteiger partial charge in [0, 0.05) is 5.56 Å². The number of thioether (sulfide) groups is 1. The molecule has 0 unspecified atom stereocenters. The summed E-state index contributed by atoms with van der Waals surface area (Å²) in [4.78, 5) is 0. The van der Waals surface area contributed by atoms with Crippen molar-refractivity contribution in [2.24, 2.45) is 5.16 Å². The standard InChI is InChI=1S/C17H19NO6S/c19-8-12-13(20)14(21)15(22)17(24-12)25-16(18-23)11-6-5-9-3-1-2-4-10(9)7-11/h1-7,12-15,17,19-23H,8H2/b18-16-/t12-,13+,14+,15-,17+/m1/s1. The molecule has 134 valence electrons. The molecule has 2 aromatic carbocycles. The van der Waals surface area contributed by atoms with E-state index >= 15 is 0 Å². The van der Waals surface area contributed by atoms with Gasteiger partial charge in [0.1, 0.15) is 34.9 Å². The molecule has 0 aliphatic carbocycles. The minimum Gasteiger partial charge on any atom is -0.410 e. The highest BCUT2D eigenvalue weighted by Crippen LogP contribution is 2.31. The number of hydrogen-bond donors (Lipinski definition) is 5. The van der Waals surface area contributed by atoms with E-state index in [0.717, 1.165) is 22.5 Å². The average Bonchev–Trinajstić information content (AvgIpc) is 2.65. The minimum atomic E-state index is -1.47. The highest BCUT2D eigenvalue weighted by atomic mass is 32.2. The van der Waals surface area contributed by atoms with Gasteiger partial charge in [-0.2, -0.15) is 0 Å². The average molecular weight is 365 g/mol. The Kier molecular flexibility index (Phi) is 5.57. The van der Waals surface area contributed by atoms with Crippen LogP contribution in [0.1, 0.15) is 5.56 Å². The van der Waals surface area contributed by atoms with Crippen LogP contribution >= 0.6 is 11.8 Å². The highest BCUT2D eigenvalue weighted by molar-refractivity contribution is 8.14. The van der Waals surface area contributed by atoms with Gasteiger partial charge in [0.2, 0.25) is 0 Å². The van der Waals surface area contributed by atoms with E-state index in [1.165, 1.54) is 0 Å². The van der Waals surface area contributed by atoms with Gasteiger partial charge in [-0.25, -0.2) is 0 Å². The summed E-state index contributed by atoms with van der Waals surface area (Å²) in [7, 11) is 0. The summed E-state index contributed by atoms with van der Waals surface area (Å²) in [5, 5.41) is 53.9. The first-order valence-corrected chi connectivity index (χ1v) is 8.61. The first-order chi connectivity index (χ1) is 12.0. The summed E-state index contributed by atoms with van der Waals surface area (Å²) in [5.41, 5.74) is -0.393. The highest BCUT2D eigenvalue weighted by Gasteiger charge is 2.44. The van der Waals surface area contributed by atoms with Gasteiger partial charge < -0.3 is 30.4 Å². The van der Waals surface area contributed by atoms with E-state index in [9.17, 15) is 25.6 Å². The van der Waals surface area contributed by atoms with Gasteiger partial charge in [-0.3, -0.25) is 0 Å². The zero-order valence-corrected chi connectivity index (χ0v) is 14.0. The fourth-order valence-electron chi connectivity index (χ4n) is 2.75. The number of oxime groups is 1. The monoisotopic (exact) mass is 365 g/mol. The van der Waals surface area contributed by atoms with E-state index in [0.29, 0.717) is 5.56 Å². The van der Waals surface area contributed by atoms with Crippen molar-refractivity contribution in [1.29, 1.82) is 0 Å². The van der Waals surface area contributed by atoms with Crippen molar-refractivity contribution in [3.8, 4) is 0 Å². The molecule has 1 heterocycles. The number of aliphatic hydroxyl groups is 4. The fraction of sp³-hybridized carbons (Fsp3) is 0.353. The number of nitrogens with zero attached hydrogens (tertiary/aromatic N) is 1. The smallest absolute Gasteiger partial charge is 0.145 e. The van der Waals surface area contributed by atoms with Gasteiger partial charge >= 0.3 is 0 Å². The predicted octanol–water partition coefficient (Wildman–Crippen LogP) is 0.509. The number of fused-ring (bicyclic) bond motifs is 1. The van der Waals surface area contributed by atoms with Gasteiger partial charge in [0.15, 0.2) is 0 Å². The second-order valence-corrected chi connectivity index (χ2v) is 6.87. The van der Waals surface area contributed by atoms with E-state index in [-0.39, 0.29) is 5.04 Å². The van der Waals surface area contributed by atoms with Crippen molar-refractivity contribution in [3.63, 3.8) is 0 Å². The van der Waals surface area contributed by atoms with Crippen molar-refractivity contribution < 1.29 is 30.4 Å². The summed E-state index contributed by atoms with van der Waals surface area (Å²) in [6, 6.07) is 13.2. The largest absolute Gasteiger partial charge is 0.410 e. The Morgan fingerprint density at radius 1 is 1.00 bits per heavy atom. The first-order valence-electron chi connectivity index (χ1n) is 7.73. The Morgan fingerprint density at radius 3 is 2.40 bits per heavy atom. The maximum atomic E-state index is 10.1. The summed E-state index contributed by atoms with van der Waals surface area (Å²) in [6.45, 7) is -0.510. The van der Waals surface area contributed by atoms with Gasteiger partial charge in [-0.05, 0) is 16.8 Å². The van der Waals surface area contributed by atoms with E-state index in [2.05, 4.69) is 5.16 Å². The van der Waals surface area contributed by atoms with Crippen LogP contribution in [0.5, 0.6) is 0 Å². The Morgan fingerprint density at radius 2 is 1.72 bits per heavy atom. The molecule has 1 aliphatic heterocycles. The molecular formula is C17H19NO6S. The lowest BCUT2D eigenvalue weighted by Crippen LogP contribution is -2.57. The molecule has 25 heavy (non-hydrogen) atoms. The Balaban J connectivity index is 1.83. The Labute approximate surface area is 148 Å². The van der Waals surface area contributed by atoms with Crippen LogP contribution in [0.15, 0.2) is 47.6 Å². The van der Waals surface area contributed by atoms with Gasteiger partial charge in [-0.15, -0.1) is 0 Å².